The highest BCUT2D eigenvalue weighted by Crippen LogP contribution is 2.47. The largest absolute Gasteiger partial charge is 0.492 e. The second-order valence-electron chi connectivity index (χ2n) is 6.46. The van der Waals surface area contributed by atoms with Gasteiger partial charge in [0.05, 0.1) is 0 Å². The molecule has 2 aromatic rings. The molecular formula is C20H23NO2. The summed E-state index contributed by atoms with van der Waals surface area (Å²) in [5.74, 6) is 0.822. The third kappa shape index (κ3) is 2.75. The van der Waals surface area contributed by atoms with Gasteiger partial charge in [-0.1, -0.05) is 42.8 Å². The average molecular weight is 309 g/mol. The van der Waals surface area contributed by atoms with Gasteiger partial charge in [0.1, 0.15) is 18.5 Å². The molecule has 0 amide bonds. The number of hydrogen-bond acceptors (Lipinski definition) is 3. The minimum atomic E-state index is -0.576. The molecule has 23 heavy (non-hydrogen) atoms. The molecule has 2 aliphatic rings. The Morgan fingerprint density at radius 1 is 0.957 bits per heavy atom. The van der Waals surface area contributed by atoms with Crippen LogP contribution in [0.4, 0.5) is 0 Å². The number of benzene rings is 2. The first kappa shape index (κ1) is 14.7. The average Bonchev–Trinajstić information content (AvgIpc) is 2.90. The van der Waals surface area contributed by atoms with E-state index in [1.807, 2.05) is 30.3 Å². The SMILES string of the molecule is O[C@H]1c2ccccc2-c2cccc(OCCN3CCCCC3)c21. The van der Waals surface area contributed by atoms with Crippen LogP contribution in [-0.2, 0) is 0 Å². The normalized spacial score (nSPS) is 20.1. The summed E-state index contributed by atoms with van der Waals surface area (Å²) in [6, 6.07) is 14.1. The van der Waals surface area contributed by atoms with E-state index in [1.54, 1.807) is 0 Å². The van der Waals surface area contributed by atoms with Crippen LogP contribution >= 0.6 is 0 Å². The van der Waals surface area contributed by atoms with Crippen molar-refractivity contribution in [2.75, 3.05) is 26.2 Å². The quantitative estimate of drug-likeness (QED) is 0.936. The van der Waals surface area contributed by atoms with E-state index in [0.29, 0.717) is 6.61 Å². The van der Waals surface area contributed by atoms with Gasteiger partial charge in [-0.25, -0.2) is 0 Å². The summed E-state index contributed by atoms with van der Waals surface area (Å²) < 4.78 is 6.05. The first-order valence-corrected chi connectivity index (χ1v) is 8.60. The van der Waals surface area contributed by atoms with Crippen molar-refractivity contribution in [1.82, 2.24) is 4.90 Å². The maximum absolute atomic E-state index is 10.7. The molecule has 0 saturated carbocycles. The lowest BCUT2D eigenvalue weighted by atomic mass is 10.1. The molecule has 0 unspecified atom stereocenters. The van der Waals surface area contributed by atoms with Gasteiger partial charge in [0.2, 0.25) is 0 Å². The summed E-state index contributed by atoms with van der Waals surface area (Å²) >= 11 is 0. The Bertz CT molecular complexity index is 692. The lowest BCUT2D eigenvalue weighted by molar-refractivity contribution is 0.177. The van der Waals surface area contributed by atoms with Gasteiger partial charge in [0.25, 0.3) is 0 Å². The standard InChI is InChI=1S/C20H23NO2/c22-20-17-8-3-2-7-15(17)16-9-6-10-18(19(16)20)23-14-13-21-11-4-1-5-12-21/h2-3,6-10,20,22H,1,4-5,11-14H2/t20-/m0/s1. The van der Waals surface area contributed by atoms with E-state index in [2.05, 4.69) is 17.0 Å². The van der Waals surface area contributed by atoms with Gasteiger partial charge in [-0.15, -0.1) is 0 Å². The van der Waals surface area contributed by atoms with E-state index in [4.69, 9.17) is 4.74 Å². The highest BCUT2D eigenvalue weighted by Gasteiger charge is 2.29. The minimum Gasteiger partial charge on any atom is -0.492 e. The van der Waals surface area contributed by atoms with Crippen LogP contribution < -0.4 is 4.74 Å². The predicted molar refractivity (Wildman–Crippen MR) is 91.7 cm³/mol. The summed E-state index contributed by atoms with van der Waals surface area (Å²) in [5.41, 5.74) is 4.13. The summed E-state index contributed by atoms with van der Waals surface area (Å²) in [5, 5.41) is 10.7. The summed E-state index contributed by atoms with van der Waals surface area (Å²) in [4.78, 5) is 2.47. The van der Waals surface area contributed by atoms with E-state index >= 15 is 0 Å². The molecule has 4 rings (SSSR count). The van der Waals surface area contributed by atoms with Crippen molar-refractivity contribution in [3.05, 3.63) is 53.6 Å². The van der Waals surface area contributed by atoms with Gasteiger partial charge in [0, 0.05) is 12.1 Å². The Balaban J connectivity index is 1.51. The van der Waals surface area contributed by atoms with Crippen molar-refractivity contribution in [2.24, 2.45) is 0 Å². The van der Waals surface area contributed by atoms with E-state index < -0.39 is 6.10 Å². The van der Waals surface area contributed by atoms with Crippen molar-refractivity contribution < 1.29 is 9.84 Å². The van der Waals surface area contributed by atoms with E-state index in [1.165, 1.54) is 32.4 Å². The number of likely N-dealkylation sites (tertiary alicyclic amines) is 1. The van der Waals surface area contributed by atoms with Gasteiger partial charge in [-0.2, -0.15) is 0 Å². The zero-order valence-electron chi connectivity index (χ0n) is 13.4. The van der Waals surface area contributed by atoms with Crippen LogP contribution in [0.15, 0.2) is 42.5 Å². The van der Waals surface area contributed by atoms with Crippen LogP contribution in [0.2, 0.25) is 0 Å². The molecule has 2 aromatic carbocycles. The molecule has 1 heterocycles. The number of aliphatic hydroxyl groups excluding tert-OH is 1. The molecule has 3 heteroatoms. The topological polar surface area (TPSA) is 32.7 Å². The molecule has 120 valence electrons. The second kappa shape index (κ2) is 6.34. The molecular weight excluding hydrogens is 286 g/mol. The zero-order valence-corrected chi connectivity index (χ0v) is 13.4. The van der Waals surface area contributed by atoms with Gasteiger partial charge >= 0.3 is 0 Å². The van der Waals surface area contributed by atoms with Crippen LogP contribution in [0.5, 0.6) is 5.75 Å². The van der Waals surface area contributed by atoms with Gasteiger partial charge in [-0.3, -0.25) is 4.90 Å². The van der Waals surface area contributed by atoms with E-state index in [0.717, 1.165) is 34.5 Å². The molecule has 0 aromatic heterocycles. The molecule has 1 fully saturated rings. The van der Waals surface area contributed by atoms with E-state index in [9.17, 15) is 5.11 Å². The molecule has 1 aliphatic heterocycles. The molecule has 0 bridgehead atoms. The third-order valence-corrected chi connectivity index (χ3v) is 5.00. The predicted octanol–water partition coefficient (Wildman–Crippen LogP) is 3.61. The third-order valence-electron chi connectivity index (χ3n) is 5.00. The number of rotatable bonds is 4. The first-order chi connectivity index (χ1) is 11.3. The molecule has 0 spiro atoms. The van der Waals surface area contributed by atoms with Crippen molar-refractivity contribution in [1.29, 1.82) is 0 Å². The number of aliphatic hydroxyl groups is 1. The second-order valence-corrected chi connectivity index (χ2v) is 6.46. The number of fused-ring (bicyclic) bond motifs is 3. The number of piperidine rings is 1. The Morgan fingerprint density at radius 2 is 1.74 bits per heavy atom. The van der Waals surface area contributed by atoms with Crippen LogP contribution in [-0.4, -0.2) is 36.2 Å². The van der Waals surface area contributed by atoms with E-state index in [-0.39, 0.29) is 0 Å². The lowest BCUT2D eigenvalue weighted by Crippen LogP contribution is -2.33. The Kier molecular flexibility index (Phi) is 4.06. The fraction of sp³-hybridized carbons (Fsp3) is 0.400. The van der Waals surface area contributed by atoms with Gasteiger partial charge in [0.15, 0.2) is 0 Å². The Labute approximate surface area is 137 Å². The Hall–Kier alpha value is -1.84. The van der Waals surface area contributed by atoms with Crippen LogP contribution in [0.1, 0.15) is 36.5 Å². The maximum Gasteiger partial charge on any atom is 0.126 e. The van der Waals surface area contributed by atoms with Crippen molar-refractivity contribution >= 4 is 0 Å². The minimum absolute atomic E-state index is 0.576. The van der Waals surface area contributed by atoms with Crippen LogP contribution in [0, 0.1) is 0 Å². The first-order valence-electron chi connectivity index (χ1n) is 8.60. The fourth-order valence-corrected chi connectivity index (χ4v) is 3.79. The molecule has 1 N–H and O–H groups in total. The zero-order chi connectivity index (χ0) is 15.6. The fourth-order valence-electron chi connectivity index (χ4n) is 3.79. The lowest BCUT2D eigenvalue weighted by Gasteiger charge is -2.26. The summed E-state index contributed by atoms with van der Waals surface area (Å²) in [6.45, 7) is 4.01. The van der Waals surface area contributed by atoms with Crippen molar-refractivity contribution in [3.63, 3.8) is 0 Å². The molecule has 1 atom stereocenters. The number of ether oxygens (including phenoxy) is 1. The van der Waals surface area contributed by atoms with Crippen LogP contribution in [0.25, 0.3) is 11.1 Å². The monoisotopic (exact) mass is 309 g/mol. The summed E-state index contributed by atoms with van der Waals surface area (Å²) in [6.07, 6.45) is 3.38. The molecule has 1 saturated heterocycles. The van der Waals surface area contributed by atoms with Crippen molar-refractivity contribution in [2.45, 2.75) is 25.4 Å². The molecule has 0 radical (unpaired) electrons. The van der Waals surface area contributed by atoms with Crippen LogP contribution in [0.3, 0.4) is 0 Å². The van der Waals surface area contributed by atoms with Gasteiger partial charge in [-0.05, 0) is 48.7 Å². The highest BCUT2D eigenvalue weighted by molar-refractivity contribution is 5.80. The number of hydrogen-bond donors (Lipinski definition) is 1. The maximum atomic E-state index is 10.7. The summed E-state index contributed by atoms with van der Waals surface area (Å²) in [7, 11) is 0. The van der Waals surface area contributed by atoms with Gasteiger partial charge < -0.3 is 9.84 Å². The number of nitrogens with zero attached hydrogens (tertiary/aromatic N) is 1. The Morgan fingerprint density at radius 3 is 2.61 bits per heavy atom. The smallest absolute Gasteiger partial charge is 0.126 e. The molecule has 1 aliphatic carbocycles. The van der Waals surface area contributed by atoms with Crippen molar-refractivity contribution in [3.8, 4) is 16.9 Å². The molecule has 3 nitrogen and oxygen atoms in total. The highest BCUT2D eigenvalue weighted by atomic mass is 16.5.